The van der Waals surface area contributed by atoms with Crippen molar-refractivity contribution >= 4 is 5.97 Å². The fourth-order valence-corrected chi connectivity index (χ4v) is 2.12. The lowest BCUT2D eigenvalue weighted by Crippen LogP contribution is -2.12. The van der Waals surface area contributed by atoms with E-state index >= 15 is 0 Å². The van der Waals surface area contributed by atoms with Gasteiger partial charge in [-0.1, -0.05) is 18.6 Å². The van der Waals surface area contributed by atoms with Gasteiger partial charge in [-0.25, -0.2) is 0 Å². The standard InChI is InChI=1S/C16H23NO3/c1-3-7-19-8-9-20-16(18)11-15(12-17)14-6-4-5-13(2)10-14/h10H,3-9,11H2,1-2H3/b15-14+. The average Bonchev–Trinajstić information content (AvgIpc) is 2.44. The number of esters is 1. The van der Waals surface area contributed by atoms with Gasteiger partial charge in [0.15, 0.2) is 0 Å². The van der Waals surface area contributed by atoms with Crippen molar-refractivity contribution in [3.8, 4) is 6.07 Å². The Hall–Kier alpha value is -1.60. The van der Waals surface area contributed by atoms with E-state index in [-0.39, 0.29) is 19.0 Å². The molecule has 1 rings (SSSR count). The lowest BCUT2D eigenvalue weighted by atomic mass is 9.92. The van der Waals surface area contributed by atoms with Gasteiger partial charge in [0, 0.05) is 12.2 Å². The molecule has 0 aliphatic heterocycles. The monoisotopic (exact) mass is 277 g/mol. The summed E-state index contributed by atoms with van der Waals surface area (Å²) in [7, 11) is 0. The fraction of sp³-hybridized carbons (Fsp3) is 0.625. The molecule has 0 unspecified atom stereocenters. The van der Waals surface area contributed by atoms with Gasteiger partial charge < -0.3 is 9.47 Å². The van der Waals surface area contributed by atoms with Crippen LogP contribution in [0.25, 0.3) is 0 Å². The molecule has 0 spiro atoms. The molecule has 0 aromatic carbocycles. The Morgan fingerprint density at radius 2 is 2.15 bits per heavy atom. The van der Waals surface area contributed by atoms with Crippen LogP contribution >= 0.6 is 0 Å². The summed E-state index contributed by atoms with van der Waals surface area (Å²) < 4.78 is 10.3. The van der Waals surface area contributed by atoms with Gasteiger partial charge in [0.1, 0.15) is 6.61 Å². The molecule has 0 saturated carbocycles. The molecule has 0 N–H and O–H groups in total. The molecule has 0 aromatic heterocycles. The third-order valence-electron chi connectivity index (χ3n) is 3.12. The van der Waals surface area contributed by atoms with Gasteiger partial charge in [0.2, 0.25) is 0 Å². The van der Waals surface area contributed by atoms with Gasteiger partial charge in [0.25, 0.3) is 0 Å². The summed E-state index contributed by atoms with van der Waals surface area (Å²) in [4.78, 5) is 11.7. The average molecular weight is 277 g/mol. The summed E-state index contributed by atoms with van der Waals surface area (Å²) >= 11 is 0. The summed E-state index contributed by atoms with van der Waals surface area (Å²) in [5.74, 6) is -0.356. The third kappa shape index (κ3) is 6.03. The molecule has 20 heavy (non-hydrogen) atoms. The molecule has 0 radical (unpaired) electrons. The fourth-order valence-electron chi connectivity index (χ4n) is 2.12. The van der Waals surface area contributed by atoms with Crippen LogP contribution in [0.1, 0.15) is 46.0 Å². The second-order valence-corrected chi connectivity index (χ2v) is 4.97. The summed E-state index contributed by atoms with van der Waals surface area (Å²) in [5.41, 5.74) is 2.78. The first-order chi connectivity index (χ1) is 9.67. The van der Waals surface area contributed by atoms with E-state index in [2.05, 4.69) is 13.0 Å². The molecule has 0 atom stereocenters. The van der Waals surface area contributed by atoms with E-state index in [4.69, 9.17) is 9.47 Å². The molecule has 0 heterocycles. The molecule has 1 aliphatic carbocycles. The summed E-state index contributed by atoms with van der Waals surface area (Å²) in [6.45, 7) is 5.42. The summed E-state index contributed by atoms with van der Waals surface area (Å²) in [5, 5.41) is 9.19. The second kappa shape index (κ2) is 9.33. The van der Waals surface area contributed by atoms with Crippen molar-refractivity contribution in [2.24, 2.45) is 0 Å². The van der Waals surface area contributed by atoms with Crippen molar-refractivity contribution in [3.05, 3.63) is 22.8 Å². The summed E-state index contributed by atoms with van der Waals surface area (Å²) in [6, 6.07) is 2.14. The molecular weight excluding hydrogens is 254 g/mol. The van der Waals surface area contributed by atoms with Crippen LogP contribution in [-0.2, 0) is 14.3 Å². The molecule has 110 valence electrons. The molecule has 0 bridgehead atoms. The topological polar surface area (TPSA) is 59.3 Å². The van der Waals surface area contributed by atoms with E-state index in [0.29, 0.717) is 18.8 Å². The van der Waals surface area contributed by atoms with Crippen molar-refractivity contribution in [1.29, 1.82) is 5.26 Å². The number of nitrogens with zero attached hydrogens (tertiary/aromatic N) is 1. The van der Waals surface area contributed by atoms with Crippen molar-refractivity contribution in [1.82, 2.24) is 0 Å². The van der Waals surface area contributed by atoms with Crippen molar-refractivity contribution in [2.75, 3.05) is 19.8 Å². The highest BCUT2D eigenvalue weighted by Crippen LogP contribution is 2.25. The molecule has 0 saturated heterocycles. The molecule has 4 nitrogen and oxygen atoms in total. The quantitative estimate of drug-likeness (QED) is 0.407. The molecule has 0 fully saturated rings. The highest BCUT2D eigenvalue weighted by Gasteiger charge is 2.14. The molecule has 0 aromatic rings. The second-order valence-electron chi connectivity index (χ2n) is 4.97. The Morgan fingerprint density at radius 1 is 1.35 bits per heavy atom. The zero-order valence-electron chi connectivity index (χ0n) is 12.4. The van der Waals surface area contributed by atoms with Crippen LogP contribution < -0.4 is 0 Å². The van der Waals surface area contributed by atoms with Gasteiger partial charge in [-0.15, -0.1) is 0 Å². The SMILES string of the molecule is CCCOCCOC(=O)C/C(C#N)=C1\C=C(C)CCC1. The summed E-state index contributed by atoms with van der Waals surface area (Å²) in [6.07, 6.45) is 6.02. The minimum absolute atomic E-state index is 0.0589. The predicted molar refractivity (Wildman–Crippen MR) is 76.9 cm³/mol. The lowest BCUT2D eigenvalue weighted by Gasteiger charge is -2.13. The van der Waals surface area contributed by atoms with Gasteiger partial charge >= 0.3 is 5.97 Å². The minimum atomic E-state index is -0.356. The maximum absolute atomic E-state index is 11.7. The predicted octanol–water partition coefficient (Wildman–Crippen LogP) is 3.30. The number of allylic oxidation sites excluding steroid dienone is 3. The van der Waals surface area contributed by atoms with E-state index in [1.165, 1.54) is 5.57 Å². The zero-order chi connectivity index (χ0) is 14.8. The number of carbonyl (C=O) groups is 1. The van der Waals surface area contributed by atoms with Crippen LogP contribution in [0.2, 0.25) is 0 Å². The highest BCUT2D eigenvalue weighted by molar-refractivity contribution is 5.74. The molecule has 4 heteroatoms. The van der Waals surface area contributed by atoms with Crippen LogP contribution in [-0.4, -0.2) is 25.8 Å². The maximum Gasteiger partial charge on any atom is 0.311 e. The minimum Gasteiger partial charge on any atom is -0.463 e. The van der Waals surface area contributed by atoms with E-state index in [1.54, 1.807) is 0 Å². The van der Waals surface area contributed by atoms with Crippen molar-refractivity contribution < 1.29 is 14.3 Å². The van der Waals surface area contributed by atoms with Crippen LogP contribution in [0.4, 0.5) is 0 Å². The van der Waals surface area contributed by atoms with Crippen LogP contribution in [0, 0.1) is 11.3 Å². The molecule has 0 amide bonds. The van der Waals surface area contributed by atoms with Gasteiger partial charge in [0.05, 0.1) is 19.1 Å². The number of rotatable bonds is 7. The van der Waals surface area contributed by atoms with Crippen LogP contribution in [0.5, 0.6) is 0 Å². The number of nitriles is 1. The number of hydrogen-bond donors (Lipinski definition) is 0. The molecular formula is C16H23NO3. The normalized spacial score (nSPS) is 17.1. The van der Waals surface area contributed by atoms with E-state index < -0.39 is 0 Å². The third-order valence-corrected chi connectivity index (χ3v) is 3.12. The van der Waals surface area contributed by atoms with Crippen molar-refractivity contribution in [2.45, 2.75) is 46.0 Å². The molecule has 1 aliphatic rings. The van der Waals surface area contributed by atoms with Crippen molar-refractivity contribution in [3.63, 3.8) is 0 Å². The smallest absolute Gasteiger partial charge is 0.311 e. The lowest BCUT2D eigenvalue weighted by molar-refractivity contribution is -0.144. The Bertz CT molecular complexity index is 429. The van der Waals surface area contributed by atoms with Gasteiger partial charge in [-0.05, 0) is 38.2 Å². The van der Waals surface area contributed by atoms with Gasteiger partial charge in [-0.3, -0.25) is 4.79 Å². The van der Waals surface area contributed by atoms with Crippen LogP contribution in [0.3, 0.4) is 0 Å². The maximum atomic E-state index is 11.7. The first-order valence-corrected chi connectivity index (χ1v) is 7.20. The Balaban J connectivity index is 2.44. The number of carbonyl (C=O) groups excluding carboxylic acids is 1. The first-order valence-electron chi connectivity index (χ1n) is 7.20. The van der Waals surface area contributed by atoms with E-state index in [9.17, 15) is 10.1 Å². The van der Waals surface area contributed by atoms with Gasteiger partial charge in [-0.2, -0.15) is 5.26 Å². The van der Waals surface area contributed by atoms with Crippen LogP contribution in [0.15, 0.2) is 22.8 Å². The number of hydrogen-bond acceptors (Lipinski definition) is 4. The van der Waals surface area contributed by atoms with E-state index in [0.717, 1.165) is 31.3 Å². The highest BCUT2D eigenvalue weighted by atomic mass is 16.6. The Morgan fingerprint density at radius 3 is 2.80 bits per heavy atom. The first kappa shape index (κ1) is 16.5. The Kier molecular flexibility index (Phi) is 7.67. The van der Waals surface area contributed by atoms with E-state index in [1.807, 2.05) is 13.0 Å². The largest absolute Gasteiger partial charge is 0.463 e. The zero-order valence-corrected chi connectivity index (χ0v) is 12.4. The Labute approximate surface area is 121 Å². The number of ether oxygens (including phenoxy) is 2.